The summed E-state index contributed by atoms with van der Waals surface area (Å²) in [5, 5.41) is 9.06. The summed E-state index contributed by atoms with van der Waals surface area (Å²) in [6.07, 6.45) is 13.1. The Hall–Kier alpha value is -1.21. The fourth-order valence-corrected chi connectivity index (χ4v) is 4.58. The number of ether oxygens (including phenoxy) is 1. The third-order valence-corrected chi connectivity index (χ3v) is 5.94. The largest absolute Gasteiger partial charge is 1.00 e. The average Bonchev–Trinajstić information content (AvgIpc) is 2.67. The summed E-state index contributed by atoms with van der Waals surface area (Å²) in [6.45, 7) is 2.40. The molecule has 146 valence electrons. The molecule has 1 aromatic carbocycles. The van der Waals surface area contributed by atoms with Gasteiger partial charge in [0.1, 0.15) is 12.4 Å². The van der Waals surface area contributed by atoms with Crippen LogP contribution >= 0.6 is 0 Å². The van der Waals surface area contributed by atoms with E-state index >= 15 is 0 Å². The Kier molecular flexibility index (Phi) is 9.15. The number of carboxylic acids is 1. The first-order valence-corrected chi connectivity index (χ1v) is 10.2. The number of hydrogen-bond donors (Lipinski definition) is 1. The van der Waals surface area contributed by atoms with E-state index in [4.69, 9.17) is 9.84 Å². The number of rotatable bonds is 6. The number of carboxylic acid groups (broad SMARTS) is 1. The fraction of sp³-hybridized carbons (Fsp3) is 0.542. The van der Waals surface area contributed by atoms with Crippen molar-refractivity contribution < 1.29 is 45.6 Å². The minimum Gasteiger partial charge on any atom is -1.00 e. The second kappa shape index (κ2) is 11.1. The van der Waals surface area contributed by atoms with Gasteiger partial charge >= 0.3 is 35.5 Å². The smallest absolute Gasteiger partial charge is 1.00 e. The van der Waals surface area contributed by atoms with E-state index in [9.17, 15) is 4.79 Å². The van der Waals surface area contributed by atoms with Crippen LogP contribution in [-0.4, -0.2) is 17.7 Å². The maximum atomic E-state index is 11.0. The maximum Gasteiger partial charge on any atom is 1.00 e. The van der Waals surface area contributed by atoms with Crippen LogP contribution in [0.4, 0.5) is 0 Å². The third-order valence-electron chi connectivity index (χ3n) is 5.94. The van der Waals surface area contributed by atoms with E-state index in [-0.39, 0.29) is 43.3 Å². The molecule has 0 saturated heterocycles. The normalized spacial score (nSPS) is 18.8. The number of benzene rings is 1. The zero-order valence-corrected chi connectivity index (χ0v) is 19.3. The second-order valence-electron chi connectivity index (χ2n) is 7.98. The summed E-state index contributed by atoms with van der Waals surface area (Å²) in [4.78, 5) is 11.0. The molecule has 3 rings (SSSR count). The minimum absolute atomic E-state index is 0. The van der Waals surface area contributed by atoms with Gasteiger partial charge in [-0.3, -0.25) is 4.79 Å². The Morgan fingerprint density at radius 3 is 2.50 bits per heavy atom. The Labute approximate surface area is 192 Å². The molecular formula is C24H31NaO3. The number of allylic oxidation sites excluding steroid dienone is 1. The Balaban J connectivity index is 0.00000210. The predicted molar refractivity (Wildman–Crippen MR) is 109 cm³/mol. The van der Waals surface area contributed by atoms with Crippen molar-refractivity contribution in [3.05, 3.63) is 41.5 Å². The summed E-state index contributed by atoms with van der Waals surface area (Å²) in [6, 6.07) is 7.74. The van der Waals surface area contributed by atoms with Gasteiger partial charge in [0.15, 0.2) is 0 Å². The molecule has 28 heavy (non-hydrogen) atoms. The van der Waals surface area contributed by atoms with Gasteiger partial charge in [0.05, 0.1) is 12.3 Å². The maximum absolute atomic E-state index is 11.0. The molecule has 1 aromatic rings. The zero-order chi connectivity index (χ0) is 19.1. The summed E-state index contributed by atoms with van der Waals surface area (Å²) in [7, 11) is 0. The first-order valence-electron chi connectivity index (χ1n) is 10.2. The zero-order valence-electron chi connectivity index (χ0n) is 18.3. The van der Waals surface area contributed by atoms with Crippen molar-refractivity contribution in [3.63, 3.8) is 0 Å². The van der Waals surface area contributed by atoms with Gasteiger partial charge in [-0.2, -0.15) is 0 Å². The van der Waals surface area contributed by atoms with Gasteiger partial charge in [0.2, 0.25) is 0 Å². The molecule has 1 unspecified atom stereocenters. The van der Waals surface area contributed by atoms with Crippen LogP contribution in [0.5, 0.6) is 5.75 Å². The van der Waals surface area contributed by atoms with E-state index in [1.165, 1.54) is 50.5 Å². The first kappa shape index (κ1) is 23.1. The second-order valence-corrected chi connectivity index (χ2v) is 7.98. The molecule has 3 nitrogen and oxygen atoms in total. The summed E-state index contributed by atoms with van der Waals surface area (Å²) in [5.74, 6) is 5.55. The van der Waals surface area contributed by atoms with Crippen molar-refractivity contribution in [2.45, 2.75) is 70.6 Å². The molecular weight excluding hydrogens is 359 g/mol. The standard InChI is InChI=1S/C24H30O3.Na.H/c1-2-7-21(16-23(25)26)20-9-11-22(12-10-20)27-18-19-8-6-15-24(17-19)13-4-3-5-14-24;;/h9-12,17,21H,3-6,8,13-16,18H2,1H3,(H,25,26);;/q;+1;-1. The average molecular weight is 390 g/mol. The van der Waals surface area contributed by atoms with Crippen LogP contribution in [0.1, 0.15) is 77.6 Å². The molecule has 0 heterocycles. The fourth-order valence-electron chi connectivity index (χ4n) is 4.58. The van der Waals surface area contributed by atoms with Gasteiger partial charge in [0.25, 0.3) is 0 Å². The van der Waals surface area contributed by atoms with Crippen LogP contribution in [0.15, 0.2) is 35.9 Å². The van der Waals surface area contributed by atoms with Gasteiger partial charge in [-0.25, -0.2) is 0 Å². The van der Waals surface area contributed by atoms with Crippen LogP contribution in [0, 0.1) is 17.3 Å². The molecule has 1 fully saturated rings. The Morgan fingerprint density at radius 2 is 1.86 bits per heavy atom. The van der Waals surface area contributed by atoms with E-state index in [2.05, 4.69) is 17.9 Å². The Bertz CT molecular complexity index is 740. The monoisotopic (exact) mass is 390 g/mol. The van der Waals surface area contributed by atoms with Crippen molar-refractivity contribution >= 4 is 5.97 Å². The van der Waals surface area contributed by atoms with Gasteiger partial charge in [-0.15, -0.1) is 5.92 Å². The molecule has 0 amide bonds. The Morgan fingerprint density at radius 1 is 1.18 bits per heavy atom. The van der Waals surface area contributed by atoms with E-state index in [0.29, 0.717) is 12.0 Å². The van der Waals surface area contributed by atoms with Gasteiger partial charge in [0, 0.05) is 0 Å². The number of carbonyl (C=O) groups is 1. The molecule has 1 saturated carbocycles. The molecule has 4 heteroatoms. The van der Waals surface area contributed by atoms with E-state index in [1.54, 1.807) is 6.92 Å². The van der Waals surface area contributed by atoms with Crippen molar-refractivity contribution in [1.29, 1.82) is 0 Å². The van der Waals surface area contributed by atoms with E-state index < -0.39 is 5.97 Å². The van der Waals surface area contributed by atoms with Crippen LogP contribution in [0.25, 0.3) is 0 Å². The van der Waals surface area contributed by atoms with E-state index in [1.807, 2.05) is 24.3 Å². The van der Waals surface area contributed by atoms with Crippen LogP contribution in [0.2, 0.25) is 0 Å². The van der Waals surface area contributed by atoms with Crippen LogP contribution < -0.4 is 34.3 Å². The molecule has 1 spiro atoms. The molecule has 2 aliphatic rings. The molecule has 1 N–H and O–H groups in total. The quantitative estimate of drug-likeness (QED) is 0.462. The molecule has 0 bridgehead atoms. The van der Waals surface area contributed by atoms with Crippen LogP contribution in [-0.2, 0) is 4.79 Å². The van der Waals surface area contributed by atoms with Gasteiger partial charge in [-0.05, 0) is 67.7 Å². The van der Waals surface area contributed by atoms with Crippen molar-refractivity contribution in [3.8, 4) is 17.6 Å². The van der Waals surface area contributed by atoms with Crippen molar-refractivity contribution in [2.75, 3.05) is 6.61 Å². The molecule has 2 aliphatic carbocycles. The number of hydrogen-bond acceptors (Lipinski definition) is 2. The number of aliphatic carboxylic acids is 1. The molecule has 0 aliphatic heterocycles. The first-order chi connectivity index (χ1) is 13.1. The van der Waals surface area contributed by atoms with Crippen LogP contribution in [0.3, 0.4) is 0 Å². The third kappa shape index (κ3) is 6.41. The van der Waals surface area contributed by atoms with Crippen molar-refractivity contribution in [1.82, 2.24) is 0 Å². The summed E-state index contributed by atoms with van der Waals surface area (Å²) < 4.78 is 6.03. The topological polar surface area (TPSA) is 46.5 Å². The summed E-state index contributed by atoms with van der Waals surface area (Å²) >= 11 is 0. The SMILES string of the molecule is CC#CC(CC(=O)O)c1ccc(OCC2=CC3(CCCCC3)CCC2)cc1.[H-].[Na+]. The molecule has 0 radical (unpaired) electrons. The molecule has 0 aromatic heterocycles. The van der Waals surface area contributed by atoms with Crippen molar-refractivity contribution in [2.24, 2.45) is 5.41 Å². The minimum atomic E-state index is -0.830. The summed E-state index contributed by atoms with van der Waals surface area (Å²) in [5.41, 5.74) is 2.81. The van der Waals surface area contributed by atoms with Gasteiger partial charge in [-0.1, -0.05) is 43.4 Å². The predicted octanol–water partition coefficient (Wildman–Crippen LogP) is 2.82. The van der Waals surface area contributed by atoms with E-state index in [0.717, 1.165) is 17.7 Å². The van der Waals surface area contributed by atoms with Gasteiger partial charge < -0.3 is 11.3 Å². The molecule has 1 atom stereocenters.